The van der Waals surface area contributed by atoms with Crippen molar-refractivity contribution >= 4 is 31.3 Å². The zero-order valence-electron chi connectivity index (χ0n) is 10.8. The molecule has 1 aromatic heterocycles. The Labute approximate surface area is 125 Å². The summed E-state index contributed by atoms with van der Waals surface area (Å²) in [6.45, 7) is 0. The number of halogens is 1. The van der Waals surface area contributed by atoms with Crippen LogP contribution in [0, 0.1) is 0 Å². The van der Waals surface area contributed by atoms with Gasteiger partial charge in [0, 0.05) is 23.1 Å². The summed E-state index contributed by atoms with van der Waals surface area (Å²) in [7, 11) is 2.76. The molecule has 0 fully saturated rings. The van der Waals surface area contributed by atoms with E-state index in [4.69, 9.17) is 15.4 Å². The van der Waals surface area contributed by atoms with Crippen molar-refractivity contribution in [3.05, 3.63) is 42.5 Å². The maximum Gasteiger partial charge on any atom is 0.261 e. The fraction of sp³-hybridized carbons (Fsp3) is 0.0833. The average Bonchev–Trinajstić information content (AvgIpc) is 2.47. The van der Waals surface area contributed by atoms with E-state index in [2.05, 4.69) is 15.3 Å². The molecule has 1 amide bonds. The third kappa shape index (κ3) is 3.67. The highest BCUT2D eigenvalue weighted by molar-refractivity contribution is 8.13. The maximum absolute atomic E-state index is 12.0. The lowest BCUT2D eigenvalue weighted by atomic mass is 10.2. The van der Waals surface area contributed by atoms with E-state index >= 15 is 0 Å². The number of benzene rings is 1. The molecule has 0 saturated carbocycles. The van der Waals surface area contributed by atoms with Crippen LogP contribution in [0.15, 0.2) is 41.8 Å². The number of hydrogen-bond acceptors (Lipinski definition) is 6. The number of nitrogens with zero attached hydrogens (tertiary/aromatic N) is 2. The lowest BCUT2D eigenvalue weighted by Gasteiger charge is -2.11. The van der Waals surface area contributed by atoms with Crippen molar-refractivity contribution in [2.45, 2.75) is 4.90 Å². The molecule has 9 heteroatoms. The first kappa shape index (κ1) is 15.2. The van der Waals surface area contributed by atoms with Crippen molar-refractivity contribution < 1.29 is 17.9 Å². The summed E-state index contributed by atoms with van der Waals surface area (Å²) >= 11 is 0. The highest BCUT2D eigenvalue weighted by Crippen LogP contribution is 2.29. The number of aromatic nitrogens is 2. The highest BCUT2D eigenvalue weighted by atomic mass is 35.7. The molecule has 0 atom stereocenters. The number of hydrogen-bond donors (Lipinski definition) is 1. The highest BCUT2D eigenvalue weighted by Gasteiger charge is 2.16. The van der Waals surface area contributed by atoms with Gasteiger partial charge in [-0.2, -0.15) is 0 Å². The minimum absolute atomic E-state index is 0.149. The molecule has 0 aliphatic heterocycles. The quantitative estimate of drug-likeness (QED) is 0.858. The lowest BCUT2D eigenvalue weighted by molar-refractivity contribution is 0.102. The van der Waals surface area contributed by atoms with Gasteiger partial charge in [0.2, 0.25) is 0 Å². The van der Waals surface area contributed by atoms with Gasteiger partial charge >= 0.3 is 0 Å². The summed E-state index contributed by atoms with van der Waals surface area (Å²) in [5.74, 6) is -0.206. The van der Waals surface area contributed by atoms with E-state index in [9.17, 15) is 13.2 Å². The molecular formula is C12H10ClN3O4S. The van der Waals surface area contributed by atoms with Crippen LogP contribution in [-0.2, 0) is 9.05 Å². The fourth-order valence-electron chi connectivity index (χ4n) is 1.55. The smallest absolute Gasteiger partial charge is 0.261 e. The van der Waals surface area contributed by atoms with Gasteiger partial charge in [-0.25, -0.2) is 18.4 Å². The number of methoxy groups -OCH3 is 1. The summed E-state index contributed by atoms with van der Waals surface area (Å²) in [6.07, 6.45) is 3.95. The molecule has 1 aromatic carbocycles. The molecular weight excluding hydrogens is 318 g/mol. The Hall–Kier alpha value is -2.19. The van der Waals surface area contributed by atoms with E-state index in [1.165, 1.54) is 44.0 Å². The zero-order chi connectivity index (χ0) is 15.5. The second-order valence-electron chi connectivity index (χ2n) is 3.88. The van der Waals surface area contributed by atoms with Crippen LogP contribution in [0.5, 0.6) is 5.75 Å². The van der Waals surface area contributed by atoms with Crippen LogP contribution in [0.25, 0.3) is 0 Å². The number of rotatable bonds is 4. The van der Waals surface area contributed by atoms with Crippen molar-refractivity contribution in [3.63, 3.8) is 0 Å². The monoisotopic (exact) mass is 327 g/mol. The summed E-state index contributed by atoms with van der Waals surface area (Å²) in [4.78, 5) is 19.3. The summed E-state index contributed by atoms with van der Waals surface area (Å²) in [6, 6.07) is 3.89. The molecule has 2 aromatic rings. The molecule has 1 N–H and O–H groups in total. The number of nitrogens with one attached hydrogen (secondary N) is 1. The Kier molecular flexibility index (Phi) is 4.39. The van der Waals surface area contributed by atoms with E-state index in [-0.39, 0.29) is 16.1 Å². The number of anilines is 1. The van der Waals surface area contributed by atoms with Crippen LogP contribution in [0.1, 0.15) is 10.4 Å². The average molecular weight is 328 g/mol. The first-order valence-corrected chi connectivity index (χ1v) is 7.92. The molecule has 0 radical (unpaired) electrons. The van der Waals surface area contributed by atoms with Crippen molar-refractivity contribution in [1.29, 1.82) is 0 Å². The molecule has 0 spiro atoms. The second-order valence-corrected chi connectivity index (χ2v) is 6.45. The van der Waals surface area contributed by atoms with Crippen LogP contribution in [0.4, 0.5) is 5.69 Å². The molecule has 1 heterocycles. The van der Waals surface area contributed by atoms with Crippen molar-refractivity contribution in [1.82, 2.24) is 9.97 Å². The van der Waals surface area contributed by atoms with Crippen LogP contribution >= 0.6 is 10.7 Å². The minimum atomic E-state index is -3.91. The number of amides is 1. The predicted octanol–water partition coefficient (Wildman–Crippen LogP) is 1.66. The number of carbonyl (C=O) groups is 1. The first-order chi connectivity index (χ1) is 9.91. The van der Waals surface area contributed by atoms with Gasteiger partial charge in [0.1, 0.15) is 12.1 Å². The minimum Gasteiger partial charge on any atom is -0.495 e. The molecule has 0 aliphatic carbocycles. The standard InChI is InChI=1S/C12H10ClN3O4S/c1-20-11-3-2-9(21(13,18)19)4-10(11)16-12(17)8-5-14-7-15-6-8/h2-7H,1H3,(H,16,17). The Morgan fingerprint density at radius 2 is 1.95 bits per heavy atom. The third-order valence-electron chi connectivity index (χ3n) is 2.52. The third-order valence-corrected chi connectivity index (χ3v) is 3.87. The SMILES string of the molecule is COc1ccc(S(=O)(=O)Cl)cc1NC(=O)c1cncnc1. The van der Waals surface area contributed by atoms with Crippen LogP contribution in [0.2, 0.25) is 0 Å². The van der Waals surface area contributed by atoms with E-state index in [0.29, 0.717) is 5.75 Å². The van der Waals surface area contributed by atoms with Crippen molar-refractivity contribution in [2.75, 3.05) is 12.4 Å². The van der Waals surface area contributed by atoms with Crippen LogP contribution in [-0.4, -0.2) is 31.4 Å². The molecule has 21 heavy (non-hydrogen) atoms. The molecule has 0 unspecified atom stereocenters. The van der Waals surface area contributed by atoms with Gasteiger partial charge in [-0.05, 0) is 18.2 Å². The topological polar surface area (TPSA) is 98.2 Å². The predicted molar refractivity (Wildman–Crippen MR) is 76.0 cm³/mol. The van der Waals surface area contributed by atoms with E-state index in [1.54, 1.807) is 0 Å². The molecule has 0 saturated heterocycles. The van der Waals surface area contributed by atoms with E-state index < -0.39 is 15.0 Å². The molecule has 110 valence electrons. The van der Waals surface area contributed by atoms with E-state index in [0.717, 1.165) is 0 Å². The Morgan fingerprint density at radius 3 is 2.52 bits per heavy atom. The lowest BCUT2D eigenvalue weighted by Crippen LogP contribution is -2.13. The van der Waals surface area contributed by atoms with Crippen molar-refractivity contribution in [3.8, 4) is 5.75 Å². The zero-order valence-corrected chi connectivity index (χ0v) is 12.4. The van der Waals surface area contributed by atoms with Crippen LogP contribution in [0.3, 0.4) is 0 Å². The maximum atomic E-state index is 12.0. The second kappa shape index (κ2) is 6.06. The van der Waals surface area contributed by atoms with Crippen molar-refractivity contribution in [2.24, 2.45) is 0 Å². The summed E-state index contributed by atoms with van der Waals surface area (Å²) in [5.41, 5.74) is 0.395. The first-order valence-electron chi connectivity index (χ1n) is 5.61. The van der Waals surface area contributed by atoms with E-state index in [1.807, 2.05) is 0 Å². The van der Waals surface area contributed by atoms with Gasteiger partial charge < -0.3 is 10.1 Å². The van der Waals surface area contributed by atoms with Gasteiger partial charge in [-0.15, -0.1) is 0 Å². The molecule has 7 nitrogen and oxygen atoms in total. The Balaban J connectivity index is 2.36. The normalized spacial score (nSPS) is 11.0. The molecule has 0 bridgehead atoms. The van der Waals surface area contributed by atoms with Gasteiger partial charge in [0.25, 0.3) is 15.0 Å². The van der Waals surface area contributed by atoms with Gasteiger partial charge in [-0.3, -0.25) is 4.79 Å². The summed E-state index contributed by atoms with van der Waals surface area (Å²) in [5, 5.41) is 2.52. The number of carbonyl (C=O) groups excluding carboxylic acids is 1. The largest absolute Gasteiger partial charge is 0.495 e. The molecule has 0 aliphatic rings. The number of ether oxygens (including phenoxy) is 1. The van der Waals surface area contributed by atoms with Gasteiger partial charge in [0.05, 0.1) is 23.3 Å². The van der Waals surface area contributed by atoms with Gasteiger partial charge in [-0.1, -0.05) is 0 Å². The fourth-order valence-corrected chi connectivity index (χ4v) is 2.32. The van der Waals surface area contributed by atoms with Crippen LogP contribution < -0.4 is 10.1 Å². The van der Waals surface area contributed by atoms with Gasteiger partial charge in [0.15, 0.2) is 0 Å². The molecule has 2 rings (SSSR count). The summed E-state index contributed by atoms with van der Waals surface area (Å²) < 4.78 is 27.7. The Morgan fingerprint density at radius 1 is 1.29 bits per heavy atom. The Bertz CT molecular complexity index is 765.